The van der Waals surface area contributed by atoms with Gasteiger partial charge in [0, 0.05) is 20.4 Å². The largest absolute Gasteiger partial charge is 0.336 e. The van der Waals surface area contributed by atoms with Crippen molar-refractivity contribution in [2.24, 2.45) is 0 Å². The summed E-state index contributed by atoms with van der Waals surface area (Å²) in [5, 5.41) is 0. The second kappa shape index (κ2) is 3.03. The number of amides is 1. The van der Waals surface area contributed by atoms with Crippen molar-refractivity contribution >= 4 is 11.7 Å². The third-order valence-electron chi connectivity index (χ3n) is 2.24. The zero-order chi connectivity index (χ0) is 8.43. The van der Waals surface area contributed by atoms with Crippen LogP contribution in [-0.4, -0.2) is 29.7 Å². The van der Waals surface area contributed by atoms with Crippen LogP contribution in [0, 0.1) is 0 Å². The van der Waals surface area contributed by atoms with E-state index in [2.05, 4.69) is 0 Å². The Kier molecular flexibility index (Phi) is 2.27. The lowest BCUT2D eigenvalue weighted by molar-refractivity contribution is -0.135. The van der Waals surface area contributed by atoms with E-state index in [0.29, 0.717) is 6.42 Å². The summed E-state index contributed by atoms with van der Waals surface area (Å²) in [6.45, 7) is 1.49. The van der Waals surface area contributed by atoms with Gasteiger partial charge in [-0.15, -0.1) is 0 Å². The predicted octanol–water partition coefficient (Wildman–Crippen LogP) is 0.586. The molecule has 1 amide bonds. The Bertz CT molecular complexity index is 189. The van der Waals surface area contributed by atoms with Gasteiger partial charge in [0.1, 0.15) is 0 Å². The standard InChI is InChI=1S/C8H13NO2/c1-6(10)9(2)7-4-3-5-8(7)11/h7H,3-5H2,1-2H3. The van der Waals surface area contributed by atoms with Gasteiger partial charge in [-0.1, -0.05) is 0 Å². The SMILES string of the molecule is CC(=O)N(C)C1CCCC1=O. The molecule has 62 valence electrons. The predicted molar refractivity (Wildman–Crippen MR) is 41.1 cm³/mol. The number of likely N-dealkylation sites (N-methyl/N-ethyl adjacent to an activating group) is 1. The van der Waals surface area contributed by atoms with Crippen LogP contribution in [0.4, 0.5) is 0 Å². The average Bonchev–Trinajstić information content (AvgIpc) is 2.33. The van der Waals surface area contributed by atoms with Gasteiger partial charge in [0.05, 0.1) is 6.04 Å². The molecule has 3 nitrogen and oxygen atoms in total. The van der Waals surface area contributed by atoms with E-state index in [1.54, 1.807) is 7.05 Å². The number of hydrogen-bond donors (Lipinski definition) is 0. The summed E-state index contributed by atoms with van der Waals surface area (Å²) in [5.41, 5.74) is 0. The molecular formula is C8H13NO2. The maximum Gasteiger partial charge on any atom is 0.219 e. The Balaban J connectivity index is 2.59. The molecule has 3 heteroatoms. The molecule has 0 aromatic rings. The van der Waals surface area contributed by atoms with Crippen LogP contribution in [0.25, 0.3) is 0 Å². The Labute approximate surface area is 66.4 Å². The van der Waals surface area contributed by atoms with Crippen LogP contribution >= 0.6 is 0 Å². The molecule has 1 aliphatic rings. The van der Waals surface area contributed by atoms with Gasteiger partial charge in [-0.2, -0.15) is 0 Å². The number of hydrogen-bond acceptors (Lipinski definition) is 2. The van der Waals surface area contributed by atoms with Crippen LogP contribution in [0.5, 0.6) is 0 Å². The molecule has 11 heavy (non-hydrogen) atoms. The molecule has 0 aliphatic heterocycles. The fourth-order valence-electron chi connectivity index (χ4n) is 1.43. The first-order valence-corrected chi connectivity index (χ1v) is 3.89. The first-order valence-electron chi connectivity index (χ1n) is 3.89. The Morgan fingerprint density at radius 2 is 2.27 bits per heavy atom. The van der Waals surface area contributed by atoms with Crippen LogP contribution in [0.15, 0.2) is 0 Å². The van der Waals surface area contributed by atoms with Gasteiger partial charge >= 0.3 is 0 Å². The highest BCUT2D eigenvalue weighted by Crippen LogP contribution is 2.18. The third kappa shape index (κ3) is 1.59. The zero-order valence-corrected chi connectivity index (χ0v) is 6.96. The van der Waals surface area contributed by atoms with Gasteiger partial charge in [0.15, 0.2) is 5.78 Å². The maximum absolute atomic E-state index is 11.1. The fourth-order valence-corrected chi connectivity index (χ4v) is 1.43. The van der Waals surface area contributed by atoms with Crippen molar-refractivity contribution in [3.05, 3.63) is 0 Å². The van der Waals surface area contributed by atoms with Gasteiger partial charge in [-0.05, 0) is 12.8 Å². The monoisotopic (exact) mass is 155 g/mol. The quantitative estimate of drug-likeness (QED) is 0.555. The Morgan fingerprint density at radius 1 is 1.64 bits per heavy atom. The lowest BCUT2D eigenvalue weighted by atomic mass is 10.2. The number of ketones is 1. The highest BCUT2D eigenvalue weighted by molar-refractivity contribution is 5.89. The fraction of sp³-hybridized carbons (Fsp3) is 0.750. The first kappa shape index (κ1) is 8.24. The van der Waals surface area contributed by atoms with Gasteiger partial charge in [-0.3, -0.25) is 9.59 Å². The molecule has 0 spiro atoms. The minimum atomic E-state index is -0.132. The van der Waals surface area contributed by atoms with Crippen LogP contribution in [0.1, 0.15) is 26.2 Å². The van der Waals surface area contributed by atoms with E-state index < -0.39 is 0 Å². The number of Topliss-reactive ketones (excluding diaryl/α,β-unsaturated/α-hetero) is 1. The van der Waals surface area contributed by atoms with E-state index in [4.69, 9.17) is 0 Å². The molecule has 0 heterocycles. The summed E-state index contributed by atoms with van der Waals surface area (Å²) < 4.78 is 0. The zero-order valence-electron chi connectivity index (χ0n) is 6.96. The van der Waals surface area contributed by atoms with Crippen molar-refractivity contribution in [1.82, 2.24) is 4.90 Å². The van der Waals surface area contributed by atoms with Crippen molar-refractivity contribution in [3.8, 4) is 0 Å². The molecule has 1 unspecified atom stereocenters. The molecule has 1 atom stereocenters. The molecule has 0 saturated heterocycles. The minimum absolute atomic E-state index is 0.0229. The van der Waals surface area contributed by atoms with Crippen LogP contribution in [0.2, 0.25) is 0 Å². The van der Waals surface area contributed by atoms with Gasteiger partial charge in [-0.25, -0.2) is 0 Å². The molecule has 0 aromatic carbocycles. The summed E-state index contributed by atoms with van der Waals surface area (Å²) in [6, 6.07) is -0.132. The van der Waals surface area contributed by atoms with Gasteiger partial charge < -0.3 is 4.90 Å². The summed E-state index contributed by atoms with van der Waals surface area (Å²) in [4.78, 5) is 23.5. The lowest BCUT2D eigenvalue weighted by Gasteiger charge is -2.20. The van der Waals surface area contributed by atoms with Crippen LogP contribution in [-0.2, 0) is 9.59 Å². The summed E-state index contributed by atoms with van der Waals surface area (Å²) in [5.74, 6) is 0.188. The Morgan fingerprint density at radius 3 is 2.64 bits per heavy atom. The average molecular weight is 155 g/mol. The van der Waals surface area contributed by atoms with Crippen molar-refractivity contribution in [3.63, 3.8) is 0 Å². The van der Waals surface area contributed by atoms with E-state index in [9.17, 15) is 9.59 Å². The highest BCUT2D eigenvalue weighted by atomic mass is 16.2. The smallest absolute Gasteiger partial charge is 0.219 e. The minimum Gasteiger partial charge on any atom is -0.336 e. The van der Waals surface area contributed by atoms with Crippen LogP contribution < -0.4 is 0 Å². The summed E-state index contributed by atoms with van der Waals surface area (Å²) >= 11 is 0. The molecule has 1 aliphatic carbocycles. The highest BCUT2D eigenvalue weighted by Gasteiger charge is 2.28. The van der Waals surface area contributed by atoms with E-state index in [0.717, 1.165) is 12.8 Å². The topological polar surface area (TPSA) is 37.4 Å². The van der Waals surface area contributed by atoms with Crippen molar-refractivity contribution < 1.29 is 9.59 Å². The second-order valence-corrected chi connectivity index (χ2v) is 3.00. The van der Waals surface area contributed by atoms with Crippen molar-refractivity contribution in [2.45, 2.75) is 32.2 Å². The summed E-state index contributed by atoms with van der Waals surface area (Å²) in [6.07, 6.45) is 2.42. The van der Waals surface area contributed by atoms with Crippen LogP contribution in [0.3, 0.4) is 0 Å². The summed E-state index contributed by atoms with van der Waals surface area (Å²) in [7, 11) is 1.69. The van der Waals surface area contributed by atoms with Gasteiger partial charge in [0.2, 0.25) is 5.91 Å². The number of rotatable bonds is 1. The maximum atomic E-state index is 11.1. The Hall–Kier alpha value is -0.860. The molecule has 0 bridgehead atoms. The van der Waals surface area contributed by atoms with E-state index in [1.807, 2.05) is 0 Å². The van der Waals surface area contributed by atoms with E-state index in [1.165, 1.54) is 11.8 Å². The number of carbonyl (C=O) groups is 2. The van der Waals surface area contributed by atoms with E-state index in [-0.39, 0.29) is 17.7 Å². The molecule has 0 N–H and O–H groups in total. The molecule has 0 radical (unpaired) electrons. The van der Waals surface area contributed by atoms with Gasteiger partial charge in [0.25, 0.3) is 0 Å². The van der Waals surface area contributed by atoms with E-state index >= 15 is 0 Å². The van der Waals surface area contributed by atoms with Crippen molar-refractivity contribution in [1.29, 1.82) is 0 Å². The molecular weight excluding hydrogens is 142 g/mol. The third-order valence-corrected chi connectivity index (χ3v) is 2.24. The molecule has 1 fully saturated rings. The normalized spacial score (nSPS) is 23.8. The second-order valence-electron chi connectivity index (χ2n) is 3.00. The van der Waals surface area contributed by atoms with Crippen molar-refractivity contribution in [2.75, 3.05) is 7.05 Å². The molecule has 1 saturated carbocycles. The lowest BCUT2D eigenvalue weighted by Crippen LogP contribution is -2.38. The number of carbonyl (C=O) groups excluding carboxylic acids is 2. The number of nitrogens with zero attached hydrogens (tertiary/aromatic N) is 1. The molecule has 0 aromatic heterocycles. The first-order chi connectivity index (χ1) is 5.13. The molecule has 1 rings (SSSR count).